The number of furan rings is 2. The van der Waals surface area contributed by atoms with Crippen LogP contribution in [0.2, 0.25) is 0 Å². The largest absolute Gasteiger partial charge is 0.456 e. The van der Waals surface area contributed by atoms with Gasteiger partial charge in [-0.3, -0.25) is 0 Å². The molecule has 0 spiro atoms. The zero-order valence-corrected chi connectivity index (χ0v) is 42.1. The average Bonchev–Trinajstić information content (AvgIpc) is 4.29. The molecule has 0 aliphatic heterocycles. The van der Waals surface area contributed by atoms with Crippen LogP contribution in [0.3, 0.4) is 0 Å². The predicted molar refractivity (Wildman–Crippen MR) is 315 cm³/mol. The van der Waals surface area contributed by atoms with Crippen molar-refractivity contribution in [3.05, 3.63) is 283 Å². The van der Waals surface area contributed by atoms with E-state index in [0.29, 0.717) is 5.92 Å². The van der Waals surface area contributed by atoms with E-state index in [-0.39, 0.29) is 0 Å². The number of anilines is 3. The van der Waals surface area contributed by atoms with Gasteiger partial charge in [0.2, 0.25) is 0 Å². The summed E-state index contributed by atoms with van der Waals surface area (Å²) in [5.74, 6) is 0.659. The Morgan fingerprint density at radius 1 is 0.355 bits per heavy atom. The van der Waals surface area contributed by atoms with Gasteiger partial charge in [0.25, 0.3) is 0 Å². The molecule has 1 unspecified atom stereocenters. The van der Waals surface area contributed by atoms with E-state index in [1.54, 1.807) is 0 Å². The highest BCUT2D eigenvalue weighted by atomic mass is 16.3. The molecule has 1 atom stereocenters. The molecule has 1 fully saturated rings. The Hall–Kier alpha value is -9.18. The summed E-state index contributed by atoms with van der Waals surface area (Å²) in [6.45, 7) is 0. The second-order valence-electron chi connectivity index (χ2n) is 20.9. The molecule has 0 N–H and O–H groups in total. The van der Waals surface area contributed by atoms with Crippen LogP contribution in [0.15, 0.2) is 264 Å². The van der Waals surface area contributed by atoms with Gasteiger partial charge in [-0.15, -0.1) is 0 Å². The minimum Gasteiger partial charge on any atom is -0.456 e. The second kappa shape index (κ2) is 18.0. The standard InChI is InChI=1S/C73H53NO2/c1-5-19-48(20-6-1)49-37-39-50(40-38-49)53-41-43-66-61(45-53)72-65(34-18-36-69(72)76-66)74(57-42-44-67-62(47-57)71-59(31-17-35-68(71)75-67)52-23-9-3-10-24-52)56-28-15-27-55(46-56)73(54-25-11-4-12-26-54)63-32-14-13-29-60(63)70-58(30-16-33-64(70)73)51-21-7-2-8-22-51/h2-4,7-18,21-48H,1,5-6,19-20H2. The third-order valence-electron chi connectivity index (χ3n) is 16.8. The molecule has 0 radical (unpaired) electrons. The molecule has 0 bridgehead atoms. The summed E-state index contributed by atoms with van der Waals surface area (Å²) in [5, 5.41) is 4.30. The average molecular weight is 976 g/mol. The summed E-state index contributed by atoms with van der Waals surface area (Å²) >= 11 is 0. The van der Waals surface area contributed by atoms with E-state index in [1.165, 1.54) is 93.3 Å². The molecule has 2 aliphatic carbocycles. The highest BCUT2D eigenvalue weighted by Gasteiger charge is 2.47. The Balaban J connectivity index is 0.976. The molecule has 13 aromatic rings. The van der Waals surface area contributed by atoms with Gasteiger partial charge >= 0.3 is 0 Å². The van der Waals surface area contributed by atoms with E-state index in [1.807, 2.05) is 0 Å². The lowest BCUT2D eigenvalue weighted by Crippen LogP contribution is -2.29. The summed E-state index contributed by atoms with van der Waals surface area (Å²) in [6.07, 6.45) is 6.58. The minimum atomic E-state index is -0.648. The molecule has 3 heteroatoms. The Morgan fingerprint density at radius 3 is 1.70 bits per heavy atom. The van der Waals surface area contributed by atoms with Crippen LogP contribution in [-0.2, 0) is 5.41 Å². The Labute approximate surface area is 443 Å². The third-order valence-corrected chi connectivity index (χ3v) is 16.8. The van der Waals surface area contributed by atoms with E-state index in [2.05, 4.69) is 260 Å². The van der Waals surface area contributed by atoms with Crippen molar-refractivity contribution in [3.63, 3.8) is 0 Å². The van der Waals surface area contributed by atoms with Crippen LogP contribution in [0.1, 0.15) is 65.8 Å². The number of hydrogen-bond donors (Lipinski definition) is 0. The van der Waals surface area contributed by atoms with Crippen molar-refractivity contribution in [1.82, 2.24) is 0 Å². The SMILES string of the molecule is c1ccc(-c2cccc3c2-c2ccccc2C3(c2ccccc2)c2cccc(N(c3ccc4oc5cccc(-c6ccccc6)c5c4c3)c3cccc4oc5ccc(-c6ccc(C7CCCCC7)cc6)cc5c34)c2)cc1. The van der Waals surface area contributed by atoms with Crippen molar-refractivity contribution < 1.29 is 8.83 Å². The first-order valence-electron chi connectivity index (χ1n) is 27.0. The Bertz CT molecular complexity index is 4320. The zero-order valence-electron chi connectivity index (χ0n) is 42.1. The van der Waals surface area contributed by atoms with Crippen LogP contribution >= 0.6 is 0 Å². The molecular formula is C73H53NO2. The van der Waals surface area contributed by atoms with Crippen molar-refractivity contribution in [2.24, 2.45) is 0 Å². The van der Waals surface area contributed by atoms with Crippen molar-refractivity contribution in [2.75, 3.05) is 4.90 Å². The molecule has 362 valence electrons. The Morgan fingerprint density at radius 2 is 0.921 bits per heavy atom. The molecule has 2 heterocycles. The number of rotatable bonds is 9. The summed E-state index contributed by atoms with van der Waals surface area (Å²) in [6, 6.07) is 93.7. The van der Waals surface area contributed by atoms with Gasteiger partial charge in [0, 0.05) is 27.5 Å². The molecule has 76 heavy (non-hydrogen) atoms. The Kier molecular flexibility index (Phi) is 10.5. The van der Waals surface area contributed by atoms with Gasteiger partial charge in [0.15, 0.2) is 0 Å². The lowest BCUT2D eigenvalue weighted by atomic mass is 9.67. The van der Waals surface area contributed by atoms with Crippen molar-refractivity contribution in [1.29, 1.82) is 0 Å². The monoisotopic (exact) mass is 975 g/mol. The molecule has 2 aromatic heterocycles. The smallest absolute Gasteiger partial charge is 0.137 e. The fourth-order valence-corrected chi connectivity index (χ4v) is 13.3. The summed E-state index contributed by atoms with van der Waals surface area (Å²) in [4.78, 5) is 2.46. The highest BCUT2D eigenvalue weighted by Crippen LogP contribution is 2.59. The lowest BCUT2D eigenvalue weighted by molar-refractivity contribution is 0.443. The normalized spacial score (nSPS) is 15.4. The van der Waals surface area contributed by atoms with Crippen LogP contribution in [0.25, 0.3) is 88.4 Å². The van der Waals surface area contributed by atoms with Crippen LogP contribution in [0.5, 0.6) is 0 Å². The lowest BCUT2D eigenvalue weighted by Gasteiger charge is -2.35. The van der Waals surface area contributed by atoms with E-state index in [0.717, 1.165) is 72.1 Å². The first-order chi connectivity index (χ1) is 37.7. The number of hydrogen-bond acceptors (Lipinski definition) is 3. The maximum Gasteiger partial charge on any atom is 0.137 e. The van der Waals surface area contributed by atoms with Gasteiger partial charge < -0.3 is 13.7 Å². The topological polar surface area (TPSA) is 29.5 Å². The third kappa shape index (κ3) is 7.03. The molecule has 1 saturated carbocycles. The van der Waals surface area contributed by atoms with Gasteiger partial charge in [-0.25, -0.2) is 0 Å². The van der Waals surface area contributed by atoms with E-state index in [4.69, 9.17) is 8.83 Å². The van der Waals surface area contributed by atoms with Gasteiger partial charge in [-0.2, -0.15) is 0 Å². The van der Waals surface area contributed by atoms with Crippen LogP contribution in [0.4, 0.5) is 17.1 Å². The fourth-order valence-electron chi connectivity index (χ4n) is 13.3. The van der Waals surface area contributed by atoms with Crippen molar-refractivity contribution in [3.8, 4) is 44.5 Å². The highest BCUT2D eigenvalue weighted by molar-refractivity contribution is 6.16. The molecule has 0 saturated heterocycles. The van der Waals surface area contributed by atoms with Gasteiger partial charge in [0.1, 0.15) is 22.3 Å². The number of nitrogens with zero attached hydrogens (tertiary/aromatic N) is 1. The van der Waals surface area contributed by atoms with Gasteiger partial charge in [-0.1, -0.05) is 213 Å². The minimum absolute atomic E-state index is 0.648. The molecule has 11 aromatic carbocycles. The van der Waals surface area contributed by atoms with E-state index >= 15 is 0 Å². The summed E-state index contributed by atoms with van der Waals surface area (Å²) in [5.41, 5.74) is 21.9. The van der Waals surface area contributed by atoms with Crippen molar-refractivity contribution >= 4 is 60.9 Å². The first-order valence-corrected chi connectivity index (χ1v) is 27.0. The van der Waals surface area contributed by atoms with Crippen LogP contribution in [-0.4, -0.2) is 0 Å². The molecule has 0 amide bonds. The maximum absolute atomic E-state index is 6.85. The van der Waals surface area contributed by atoms with Crippen LogP contribution in [0, 0.1) is 0 Å². The zero-order chi connectivity index (χ0) is 50.2. The van der Waals surface area contributed by atoms with Crippen molar-refractivity contribution in [2.45, 2.75) is 43.4 Å². The predicted octanol–water partition coefficient (Wildman–Crippen LogP) is 20.4. The summed E-state index contributed by atoms with van der Waals surface area (Å²) in [7, 11) is 0. The maximum atomic E-state index is 6.85. The van der Waals surface area contributed by atoms with E-state index < -0.39 is 5.41 Å². The fraction of sp³-hybridized carbons (Fsp3) is 0.0959. The van der Waals surface area contributed by atoms with Crippen LogP contribution < -0.4 is 4.90 Å². The summed E-state index contributed by atoms with van der Waals surface area (Å²) < 4.78 is 13.5. The molecular weight excluding hydrogens is 923 g/mol. The number of fused-ring (bicyclic) bond motifs is 9. The second-order valence-corrected chi connectivity index (χ2v) is 20.9. The van der Waals surface area contributed by atoms with Gasteiger partial charge in [-0.05, 0) is 152 Å². The molecule has 15 rings (SSSR count). The molecule has 3 nitrogen and oxygen atoms in total. The molecule has 2 aliphatic rings. The number of benzene rings is 11. The van der Waals surface area contributed by atoms with Gasteiger partial charge in [0.05, 0.1) is 16.5 Å². The first kappa shape index (κ1) is 44.3. The quantitative estimate of drug-likeness (QED) is 0.144. The van der Waals surface area contributed by atoms with E-state index in [9.17, 15) is 0 Å².